The number of nitrogens with one attached hydrogen (secondary N) is 1. The summed E-state index contributed by atoms with van der Waals surface area (Å²) < 4.78 is 38.4. The fourth-order valence-corrected chi connectivity index (χ4v) is 3.33. The minimum absolute atomic E-state index is 0.291. The Bertz CT molecular complexity index is 436. The first-order valence-electron chi connectivity index (χ1n) is 7.90. The van der Waals surface area contributed by atoms with Gasteiger partial charge in [0.05, 0.1) is 5.56 Å². The molecule has 1 unspecified atom stereocenters. The topological polar surface area (TPSA) is 12.0 Å². The Labute approximate surface area is 124 Å². The summed E-state index contributed by atoms with van der Waals surface area (Å²) in [6.07, 6.45) is 2.59. The van der Waals surface area contributed by atoms with E-state index in [2.05, 4.69) is 12.2 Å². The molecule has 1 saturated carbocycles. The average molecular weight is 299 g/mol. The molecular weight excluding hydrogens is 275 g/mol. The predicted octanol–water partition coefficient (Wildman–Crippen LogP) is 4.81. The van der Waals surface area contributed by atoms with E-state index in [9.17, 15) is 13.2 Å². The summed E-state index contributed by atoms with van der Waals surface area (Å²) in [5.74, 6) is 0.591. The van der Waals surface area contributed by atoms with Crippen LogP contribution in [0.2, 0.25) is 0 Å². The van der Waals surface area contributed by atoms with Gasteiger partial charge in [0, 0.05) is 6.04 Å². The van der Waals surface area contributed by atoms with Gasteiger partial charge in [-0.25, -0.2) is 0 Å². The molecule has 2 rings (SSSR count). The van der Waals surface area contributed by atoms with Gasteiger partial charge in [0.1, 0.15) is 0 Å². The monoisotopic (exact) mass is 299 g/mol. The second-order valence-corrected chi connectivity index (χ2v) is 5.96. The van der Waals surface area contributed by atoms with Crippen molar-refractivity contribution in [1.82, 2.24) is 5.32 Å². The van der Waals surface area contributed by atoms with Crippen molar-refractivity contribution in [2.75, 3.05) is 6.54 Å². The second-order valence-electron chi connectivity index (χ2n) is 5.96. The van der Waals surface area contributed by atoms with Gasteiger partial charge < -0.3 is 5.32 Å². The van der Waals surface area contributed by atoms with Crippen LogP contribution in [0.25, 0.3) is 0 Å². The first-order valence-corrected chi connectivity index (χ1v) is 7.90. The fourth-order valence-electron chi connectivity index (χ4n) is 3.33. The van der Waals surface area contributed by atoms with E-state index >= 15 is 0 Å². The molecule has 4 heteroatoms. The number of hydrogen-bond donors (Lipinski definition) is 1. The molecule has 0 aliphatic heterocycles. The second kappa shape index (κ2) is 7.30. The first kappa shape index (κ1) is 16.3. The van der Waals surface area contributed by atoms with Gasteiger partial charge in [-0.2, -0.15) is 13.2 Å². The van der Waals surface area contributed by atoms with E-state index in [0.717, 1.165) is 18.2 Å². The molecular formula is C17H24F3N. The molecule has 1 nitrogen and oxygen atoms in total. The average Bonchev–Trinajstić information content (AvgIpc) is 2.47. The van der Waals surface area contributed by atoms with E-state index < -0.39 is 11.7 Å². The van der Waals surface area contributed by atoms with Crippen LogP contribution in [0, 0.1) is 5.92 Å². The summed E-state index contributed by atoms with van der Waals surface area (Å²) in [4.78, 5) is 0. The Morgan fingerprint density at radius 3 is 2.52 bits per heavy atom. The highest BCUT2D eigenvalue weighted by atomic mass is 19.4. The minimum atomic E-state index is -4.26. The van der Waals surface area contributed by atoms with Crippen molar-refractivity contribution < 1.29 is 13.2 Å². The molecule has 0 radical (unpaired) electrons. The number of benzene rings is 1. The molecule has 0 bridgehead atoms. The standard InChI is InChI=1S/C17H24F3N/c1-2-21-16(14-8-4-3-5-9-14)12-13-7-6-10-15(11-13)17(18,19)20/h6-7,10-11,14,16,21H,2-5,8-9,12H2,1H3. The van der Waals surface area contributed by atoms with Crippen molar-refractivity contribution in [3.63, 3.8) is 0 Å². The van der Waals surface area contributed by atoms with Crippen molar-refractivity contribution in [1.29, 1.82) is 0 Å². The highest BCUT2D eigenvalue weighted by Crippen LogP contribution is 2.31. The molecule has 0 aromatic heterocycles. The Kier molecular flexibility index (Phi) is 5.68. The van der Waals surface area contributed by atoms with Crippen LogP contribution in [-0.2, 0) is 12.6 Å². The molecule has 0 saturated heterocycles. The van der Waals surface area contributed by atoms with Crippen molar-refractivity contribution in [2.45, 2.75) is 57.7 Å². The summed E-state index contributed by atoms with van der Waals surface area (Å²) in [5.41, 5.74) is 0.236. The third-order valence-electron chi connectivity index (χ3n) is 4.40. The molecule has 1 aliphatic rings. The van der Waals surface area contributed by atoms with Gasteiger partial charge in [-0.1, -0.05) is 44.4 Å². The Morgan fingerprint density at radius 2 is 1.90 bits per heavy atom. The molecule has 1 aromatic rings. The molecule has 118 valence electrons. The van der Waals surface area contributed by atoms with Gasteiger partial charge in [-0.05, 0) is 43.4 Å². The lowest BCUT2D eigenvalue weighted by Crippen LogP contribution is -2.39. The number of likely N-dealkylation sites (N-methyl/N-ethyl adjacent to an activating group) is 1. The summed E-state index contributed by atoms with van der Waals surface area (Å²) >= 11 is 0. The van der Waals surface area contributed by atoms with Crippen LogP contribution >= 0.6 is 0 Å². The summed E-state index contributed by atoms with van der Waals surface area (Å²) in [6, 6.07) is 6.06. The van der Waals surface area contributed by atoms with Crippen molar-refractivity contribution in [3.05, 3.63) is 35.4 Å². The van der Waals surface area contributed by atoms with E-state index in [-0.39, 0.29) is 0 Å². The summed E-state index contributed by atoms with van der Waals surface area (Å²) in [7, 11) is 0. The molecule has 1 N–H and O–H groups in total. The molecule has 0 spiro atoms. The normalized spacial score (nSPS) is 18.7. The van der Waals surface area contributed by atoms with Crippen molar-refractivity contribution in [2.24, 2.45) is 5.92 Å². The third-order valence-corrected chi connectivity index (χ3v) is 4.40. The number of halogens is 3. The number of hydrogen-bond acceptors (Lipinski definition) is 1. The zero-order chi connectivity index (χ0) is 15.3. The lowest BCUT2D eigenvalue weighted by Gasteiger charge is -2.31. The van der Waals surface area contributed by atoms with Gasteiger partial charge in [0.2, 0.25) is 0 Å². The van der Waals surface area contributed by atoms with E-state index in [1.807, 2.05) is 6.07 Å². The van der Waals surface area contributed by atoms with Crippen LogP contribution in [0.3, 0.4) is 0 Å². The van der Waals surface area contributed by atoms with Gasteiger partial charge >= 0.3 is 6.18 Å². The van der Waals surface area contributed by atoms with Crippen LogP contribution in [0.15, 0.2) is 24.3 Å². The Morgan fingerprint density at radius 1 is 1.19 bits per heavy atom. The quantitative estimate of drug-likeness (QED) is 0.823. The maximum atomic E-state index is 12.8. The highest BCUT2D eigenvalue weighted by Gasteiger charge is 2.31. The van der Waals surface area contributed by atoms with E-state index in [1.165, 1.54) is 44.2 Å². The summed E-state index contributed by atoms with van der Waals surface area (Å²) in [5, 5.41) is 3.48. The fraction of sp³-hybridized carbons (Fsp3) is 0.647. The highest BCUT2D eigenvalue weighted by molar-refractivity contribution is 5.26. The molecule has 1 fully saturated rings. The number of alkyl halides is 3. The van der Waals surface area contributed by atoms with Gasteiger partial charge in [0.15, 0.2) is 0 Å². The molecule has 1 aromatic carbocycles. The van der Waals surface area contributed by atoms with E-state index in [1.54, 1.807) is 0 Å². The summed E-state index contributed by atoms with van der Waals surface area (Å²) in [6.45, 7) is 2.92. The molecule has 0 amide bonds. The zero-order valence-corrected chi connectivity index (χ0v) is 12.5. The van der Waals surface area contributed by atoms with Crippen LogP contribution in [0.5, 0.6) is 0 Å². The zero-order valence-electron chi connectivity index (χ0n) is 12.5. The van der Waals surface area contributed by atoms with Crippen molar-refractivity contribution >= 4 is 0 Å². The van der Waals surface area contributed by atoms with E-state index in [4.69, 9.17) is 0 Å². The Balaban J connectivity index is 2.09. The molecule has 1 aliphatic carbocycles. The maximum Gasteiger partial charge on any atom is 0.416 e. The predicted molar refractivity (Wildman–Crippen MR) is 79.2 cm³/mol. The SMILES string of the molecule is CCNC(Cc1cccc(C(F)(F)F)c1)C1CCCCC1. The number of rotatable bonds is 5. The van der Waals surface area contributed by atoms with Gasteiger partial charge in [-0.15, -0.1) is 0 Å². The lowest BCUT2D eigenvalue weighted by atomic mass is 9.81. The van der Waals surface area contributed by atoms with Crippen LogP contribution < -0.4 is 5.32 Å². The largest absolute Gasteiger partial charge is 0.416 e. The van der Waals surface area contributed by atoms with E-state index in [0.29, 0.717) is 18.4 Å². The minimum Gasteiger partial charge on any atom is -0.314 e. The van der Waals surface area contributed by atoms with Crippen LogP contribution in [-0.4, -0.2) is 12.6 Å². The molecule has 21 heavy (non-hydrogen) atoms. The Hall–Kier alpha value is -1.03. The lowest BCUT2D eigenvalue weighted by molar-refractivity contribution is -0.137. The van der Waals surface area contributed by atoms with Crippen LogP contribution in [0.4, 0.5) is 13.2 Å². The molecule has 0 heterocycles. The first-order chi connectivity index (χ1) is 10.0. The van der Waals surface area contributed by atoms with Crippen LogP contribution in [0.1, 0.15) is 50.2 Å². The smallest absolute Gasteiger partial charge is 0.314 e. The van der Waals surface area contributed by atoms with Crippen molar-refractivity contribution in [3.8, 4) is 0 Å². The molecule has 1 atom stereocenters. The maximum absolute atomic E-state index is 12.8. The van der Waals surface area contributed by atoms with Gasteiger partial charge in [-0.3, -0.25) is 0 Å². The third kappa shape index (κ3) is 4.73. The van der Waals surface area contributed by atoms with Gasteiger partial charge in [0.25, 0.3) is 0 Å².